The second kappa shape index (κ2) is 7.03. The Labute approximate surface area is 116 Å². The predicted octanol–water partition coefficient (Wildman–Crippen LogP) is 1.55. The molecule has 0 aliphatic rings. The van der Waals surface area contributed by atoms with Gasteiger partial charge in [-0.1, -0.05) is 26.0 Å². The average Bonchev–Trinajstić information content (AvgIpc) is 2.33. The van der Waals surface area contributed by atoms with Gasteiger partial charge < -0.3 is 11.1 Å². The maximum absolute atomic E-state index is 11.3. The van der Waals surface area contributed by atoms with E-state index in [2.05, 4.69) is 19.2 Å². The third kappa shape index (κ3) is 5.72. The standard InChI is InChI=1S/C14H24N2O2S/c1-11(2)14(15)8-9-16-10-12-4-6-13(7-5-12)19(3,17)18/h4-7,11,14,16H,8-10,15H2,1-3H3. The summed E-state index contributed by atoms with van der Waals surface area (Å²) in [5, 5.41) is 3.32. The number of rotatable bonds is 7. The first kappa shape index (κ1) is 16.1. The predicted molar refractivity (Wildman–Crippen MR) is 78.7 cm³/mol. The lowest BCUT2D eigenvalue weighted by molar-refractivity contribution is 0.449. The van der Waals surface area contributed by atoms with Crippen molar-refractivity contribution in [3.05, 3.63) is 29.8 Å². The smallest absolute Gasteiger partial charge is 0.175 e. The molecule has 0 heterocycles. The summed E-state index contributed by atoms with van der Waals surface area (Å²) >= 11 is 0. The molecular formula is C14H24N2O2S. The second-order valence-corrected chi connectivity index (χ2v) is 7.31. The molecule has 0 spiro atoms. The molecule has 1 rings (SSSR count). The zero-order chi connectivity index (χ0) is 14.5. The van der Waals surface area contributed by atoms with Crippen LogP contribution in [0.5, 0.6) is 0 Å². The molecular weight excluding hydrogens is 260 g/mol. The fourth-order valence-electron chi connectivity index (χ4n) is 1.69. The van der Waals surface area contributed by atoms with Crippen LogP contribution in [0.15, 0.2) is 29.2 Å². The molecule has 1 aromatic carbocycles. The molecule has 1 atom stereocenters. The van der Waals surface area contributed by atoms with Crippen molar-refractivity contribution >= 4 is 9.84 Å². The Kier molecular flexibility index (Phi) is 5.97. The molecule has 0 saturated heterocycles. The fraction of sp³-hybridized carbons (Fsp3) is 0.571. The Morgan fingerprint density at radius 2 is 1.79 bits per heavy atom. The van der Waals surface area contributed by atoms with Gasteiger partial charge in [-0.25, -0.2) is 8.42 Å². The quantitative estimate of drug-likeness (QED) is 0.745. The lowest BCUT2D eigenvalue weighted by Gasteiger charge is -2.15. The topological polar surface area (TPSA) is 72.2 Å². The van der Waals surface area contributed by atoms with Crippen molar-refractivity contribution in [2.75, 3.05) is 12.8 Å². The molecule has 4 nitrogen and oxygen atoms in total. The van der Waals surface area contributed by atoms with Gasteiger partial charge in [-0.3, -0.25) is 0 Å². The first-order valence-electron chi connectivity index (χ1n) is 6.56. The van der Waals surface area contributed by atoms with Crippen molar-refractivity contribution in [3.8, 4) is 0 Å². The highest BCUT2D eigenvalue weighted by Crippen LogP contribution is 2.10. The van der Waals surface area contributed by atoms with E-state index < -0.39 is 9.84 Å². The SMILES string of the molecule is CC(C)C(N)CCNCc1ccc(S(C)(=O)=O)cc1. The average molecular weight is 284 g/mol. The van der Waals surface area contributed by atoms with Gasteiger partial charge in [-0.05, 0) is 36.6 Å². The molecule has 0 bridgehead atoms. The monoisotopic (exact) mass is 284 g/mol. The number of sulfone groups is 1. The van der Waals surface area contributed by atoms with E-state index in [1.54, 1.807) is 12.1 Å². The van der Waals surface area contributed by atoms with Gasteiger partial charge in [0.05, 0.1) is 4.90 Å². The van der Waals surface area contributed by atoms with Crippen LogP contribution in [0.4, 0.5) is 0 Å². The number of hydrogen-bond acceptors (Lipinski definition) is 4. The van der Waals surface area contributed by atoms with Crippen LogP contribution in [0.3, 0.4) is 0 Å². The van der Waals surface area contributed by atoms with E-state index in [0.29, 0.717) is 10.8 Å². The van der Waals surface area contributed by atoms with Crippen molar-refractivity contribution in [3.63, 3.8) is 0 Å². The molecule has 3 N–H and O–H groups in total. The van der Waals surface area contributed by atoms with Crippen LogP contribution in [-0.4, -0.2) is 27.3 Å². The molecule has 108 valence electrons. The maximum Gasteiger partial charge on any atom is 0.175 e. The van der Waals surface area contributed by atoms with Gasteiger partial charge in [0.15, 0.2) is 9.84 Å². The van der Waals surface area contributed by atoms with Crippen molar-refractivity contribution in [1.29, 1.82) is 0 Å². The molecule has 5 heteroatoms. The van der Waals surface area contributed by atoms with Crippen LogP contribution < -0.4 is 11.1 Å². The molecule has 0 aliphatic heterocycles. The third-order valence-corrected chi connectivity index (χ3v) is 4.32. The zero-order valence-corrected chi connectivity index (χ0v) is 12.7. The molecule has 0 amide bonds. The minimum absolute atomic E-state index is 0.222. The summed E-state index contributed by atoms with van der Waals surface area (Å²) in [4.78, 5) is 0.359. The Morgan fingerprint density at radius 1 is 1.21 bits per heavy atom. The lowest BCUT2D eigenvalue weighted by atomic mass is 10.0. The molecule has 0 saturated carbocycles. The van der Waals surface area contributed by atoms with Gasteiger partial charge in [0.2, 0.25) is 0 Å². The highest BCUT2D eigenvalue weighted by molar-refractivity contribution is 7.90. The Hall–Kier alpha value is -0.910. The first-order valence-corrected chi connectivity index (χ1v) is 8.45. The van der Waals surface area contributed by atoms with E-state index in [1.165, 1.54) is 6.26 Å². The van der Waals surface area contributed by atoms with E-state index >= 15 is 0 Å². The maximum atomic E-state index is 11.3. The fourth-order valence-corrected chi connectivity index (χ4v) is 2.32. The van der Waals surface area contributed by atoms with E-state index in [-0.39, 0.29) is 6.04 Å². The number of nitrogens with two attached hydrogens (primary N) is 1. The van der Waals surface area contributed by atoms with Crippen LogP contribution >= 0.6 is 0 Å². The summed E-state index contributed by atoms with van der Waals surface area (Å²) in [6.07, 6.45) is 2.16. The van der Waals surface area contributed by atoms with E-state index in [1.807, 2.05) is 12.1 Å². The van der Waals surface area contributed by atoms with Crippen molar-refractivity contribution < 1.29 is 8.42 Å². The van der Waals surface area contributed by atoms with Crippen LogP contribution in [0, 0.1) is 5.92 Å². The van der Waals surface area contributed by atoms with Gasteiger partial charge in [0, 0.05) is 18.8 Å². The molecule has 1 unspecified atom stereocenters. The van der Waals surface area contributed by atoms with Crippen LogP contribution in [0.1, 0.15) is 25.8 Å². The molecule has 19 heavy (non-hydrogen) atoms. The summed E-state index contributed by atoms with van der Waals surface area (Å²) in [5.41, 5.74) is 7.03. The van der Waals surface area contributed by atoms with Crippen molar-refractivity contribution in [2.45, 2.75) is 37.8 Å². The highest BCUT2D eigenvalue weighted by Gasteiger charge is 2.07. The normalized spacial score (nSPS) is 13.7. The molecule has 0 fully saturated rings. The van der Waals surface area contributed by atoms with Gasteiger partial charge >= 0.3 is 0 Å². The van der Waals surface area contributed by atoms with Crippen LogP contribution in [0.2, 0.25) is 0 Å². The summed E-state index contributed by atoms with van der Waals surface area (Å²) in [5.74, 6) is 0.496. The first-order chi connectivity index (χ1) is 8.80. The molecule has 1 aromatic rings. The van der Waals surface area contributed by atoms with Gasteiger partial charge in [0.1, 0.15) is 0 Å². The summed E-state index contributed by atoms with van der Waals surface area (Å²) in [6, 6.07) is 7.19. The minimum Gasteiger partial charge on any atom is -0.327 e. The van der Waals surface area contributed by atoms with Crippen LogP contribution in [-0.2, 0) is 16.4 Å². The number of benzene rings is 1. The summed E-state index contributed by atoms with van der Waals surface area (Å²) in [7, 11) is -3.10. The second-order valence-electron chi connectivity index (χ2n) is 5.29. The minimum atomic E-state index is -3.10. The van der Waals surface area contributed by atoms with Crippen molar-refractivity contribution in [1.82, 2.24) is 5.32 Å². The highest BCUT2D eigenvalue weighted by atomic mass is 32.2. The van der Waals surface area contributed by atoms with Gasteiger partial charge in [0.25, 0.3) is 0 Å². The summed E-state index contributed by atoms with van der Waals surface area (Å²) < 4.78 is 22.6. The lowest BCUT2D eigenvalue weighted by Crippen LogP contribution is -2.30. The molecule has 0 radical (unpaired) electrons. The zero-order valence-electron chi connectivity index (χ0n) is 11.9. The van der Waals surface area contributed by atoms with Crippen molar-refractivity contribution in [2.24, 2.45) is 11.7 Å². The van der Waals surface area contributed by atoms with E-state index in [0.717, 1.165) is 25.1 Å². The van der Waals surface area contributed by atoms with E-state index in [9.17, 15) is 8.42 Å². The molecule has 0 aliphatic carbocycles. The third-order valence-electron chi connectivity index (χ3n) is 3.19. The Bertz CT molecular complexity index is 481. The number of nitrogens with one attached hydrogen (secondary N) is 1. The Balaban J connectivity index is 2.39. The molecule has 0 aromatic heterocycles. The van der Waals surface area contributed by atoms with Gasteiger partial charge in [-0.15, -0.1) is 0 Å². The van der Waals surface area contributed by atoms with E-state index in [4.69, 9.17) is 5.73 Å². The van der Waals surface area contributed by atoms with Gasteiger partial charge in [-0.2, -0.15) is 0 Å². The largest absolute Gasteiger partial charge is 0.327 e. The number of hydrogen-bond donors (Lipinski definition) is 2. The Morgan fingerprint density at radius 3 is 2.26 bits per heavy atom. The van der Waals surface area contributed by atoms with Crippen LogP contribution in [0.25, 0.3) is 0 Å². The summed E-state index contributed by atoms with van der Waals surface area (Å²) in [6.45, 7) is 5.84.